The molecule has 7 nitrogen and oxygen atoms in total. The summed E-state index contributed by atoms with van der Waals surface area (Å²) in [5, 5.41) is 5.99. The molecule has 118 valence electrons. The van der Waals surface area contributed by atoms with Gasteiger partial charge in [0.2, 0.25) is 5.95 Å². The molecule has 1 aromatic rings. The van der Waals surface area contributed by atoms with Gasteiger partial charge in [-0.15, -0.1) is 0 Å². The van der Waals surface area contributed by atoms with Crippen molar-refractivity contribution in [3.05, 3.63) is 17.5 Å². The van der Waals surface area contributed by atoms with Gasteiger partial charge in [-0.25, -0.2) is 9.97 Å². The first-order chi connectivity index (χ1) is 9.88. The van der Waals surface area contributed by atoms with Gasteiger partial charge in [0.15, 0.2) is 0 Å². The lowest BCUT2D eigenvalue weighted by Gasteiger charge is -2.12. The highest BCUT2D eigenvalue weighted by molar-refractivity contribution is 5.92. The first kappa shape index (κ1) is 17.3. The van der Waals surface area contributed by atoms with Crippen molar-refractivity contribution in [3.8, 4) is 0 Å². The Hall–Kier alpha value is -1.73. The third-order valence-corrected chi connectivity index (χ3v) is 2.77. The molecule has 1 heterocycles. The Morgan fingerprint density at radius 1 is 1.10 bits per heavy atom. The van der Waals surface area contributed by atoms with Crippen molar-refractivity contribution < 1.29 is 4.79 Å². The lowest BCUT2D eigenvalue weighted by molar-refractivity contribution is 0.0946. The Balaban J connectivity index is 2.61. The largest absolute Gasteiger partial charge is 0.353 e. The zero-order valence-corrected chi connectivity index (χ0v) is 13.6. The summed E-state index contributed by atoms with van der Waals surface area (Å²) >= 11 is 0. The highest BCUT2D eigenvalue weighted by atomic mass is 16.1. The first-order valence-corrected chi connectivity index (χ1v) is 7.05. The number of nitrogens with zero attached hydrogens (tertiary/aromatic N) is 4. The molecule has 0 aliphatic rings. The fraction of sp³-hybridized carbons (Fsp3) is 0.643. The molecule has 0 atom stereocenters. The van der Waals surface area contributed by atoms with Crippen molar-refractivity contribution >= 4 is 11.9 Å². The molecule has 0 unspecified atom stereocenters. The van der Waals surface area contributed by atoms with E-state index in [2.05, 4.69) is 25.5 Å². The van der Waals surface area contributed by atoms with E-state index < -0.39 is 0 Å². The number of likely N-dealkylation sites (N-methyl/N-ethyl adjacent to an activating group) is 2. The van der Waals surface area contributed by atoms with Crippen LogP contribution in [0.15, 0.2) is 6.07 Å². The van der Waals surface area contributed by atoms with Gasteiger partial charge in [0.1, 0.15) is 5.69 Å². The monoisotopic (exact) mass is 294 g/mol. The van der Waals surface area contributed by atoms with Crippen LogP contribution in [0, 0.1) is 6.92 Å². The summed E-state index contributed by atoms with van der Waals surface area (Å²) in [7, 11) is 7.94. The molecule has 7 heteroatoms. The predicted molar refractivity (Wildman–Crippen MR) is 84.7 cm³/mol. The van der Waals surface area contributed by atoms with Crippen LogP contribution >= 0.6 is 0 Å². The van der Waals surface area contributed by atoms with E-state index >= 15 is 0 Å². The standard InChI is InChI=1S/C14H26N6O/c1-11-10-12(13(21)15-6-8-19(2)3)18-14(17-11)16-7-9-20(4)5/h10H,6-9H2,1-5H3,(H,15,21)(H,16,17,18). The van der Waals surface area contributed by atoms with Crippen LogP contribution in [0.25, 0.3) is 0 Å². The minimum atomic E-state index is -0.169. The highest BCUT2D eigenvalue weighted by Gasteiger charge is 2.10. The first-order valence-electron chi connectivity index (χ1n) is 7.05. The summed E-state index contributed by atoms with van der Waals surface area (Å²) in [6.07, 6.45) is 0. The number of anilines is 1. The Morgan fingerprint density at radius 2 is 1.71 bits per heavy atom. The van der Waals surface area contributed by atoms with E-state index in [0.717, 1.165) is 25.3 Å². The maximum absolute atomic E-state index is 12.1. The molecular formula is C14H26N6O. The van der Waals surface area contributed by atoms with Gasteiger partial charge in [-0.1, -0.05) is 0 Å². The van der Waals surface area contributed by atoms with Crippen molar-refractivity contribution in [2.45, 2.75) is 6.92 Å². The molecule has 0 saturated heterocycles. The van der Waals surface area contributed by atoms with Gasteiger partial charge >= 0.3 is 0 Å². The smallest absolute Gasteiger partial charge is 0.270 e. The molecule has 1 rings (SSSR count). The molecule has 0 spiro atoms. The second-order valence-electron chi connectivity index (χ2n) is 5.51. The van der Waals surface area contributed by atoms with Crippen LogP contribution in [-0.4, -0.2) is 80.0 Å². The molecule has 2 N–H and O–H groups in total. The maximum atomic E-state index is 12.1. The second-order valence-corrected chi connectivity index (χ2v) is 5.51. The number of amides is 1. The van der Waals surface area contributed by atoms with Crippen molar-refractivity contribution in [2.75, 3.05) is 59.7 Å². The summed E-state index contributed by atoms with van der Waals surface area (Å²) in [6.45, 7) is 4.86. The normalized spacial score (nSPS) is 11.0. The van der Waals surface area contributed by atoms with Gasteiger partial charge in [-0.05, 0) is 41.2 Å². The molecule has 1 aromatic heterocycles. The Morgan fingerprint density at radius 3 is 2.33 bits per heavy atom. The van der Waals surface area contributed by atoms with Crippen molar-refractivity contribution in [1.82, 2.24) is 25.1 Å². The Labute approximate surface area is 126 Å². The average Bonchev–Trinajstić information content (AvgIpc) is 2.37. The molecular weight excluding hydrogens is 268 g/mol. The lowest BCUT2D eigenvalue weighted by atomic mass is 10.3. The molecule has 0 aliphatic heterocycles. The summed E-state index contributed by atoms with van der Waals surface area (Å²) < 4.78 is 0. The summed E-state index contributed by atoms with van der Waals surface area (Å²) in [6, 6.07) is 1.70. The van der Waals surface area contributed by atoms with Crippen LogP contribution in [0.5, 0.6) is 0 Å². The Kier molecular flexibility index (Phi) is 7.04. The van der Waals surface area contributed by atoms with Gasteiger partial charge in [-0.2, -0.15) is 0 Å². The molecule has 1 amide bonds. The molecule has 0 bridgehead atoms. The molecule has 0 aromatic carbocycles. The van der Waals surface area contributed by atoms with Crippen LogP contribution in [-0.2, 0) is 0 Å². The van der Waals surface area contributed by atoms with E-state index in [4.69, 9.17) is 0 Å². The van der Waals surface area contributed by atoms with Gasteiger partial charge in [0.25, 0.3) is 5.91 Å². The molecule has 0 radical (unpaired) electrons. The molecule has 21 heavy (non-hydrogen) atoms. The van der Waals surface area contributed by atoms with Crippen molar-refractivity contribution in [1.29, 1.82) is 0 Å². The van der Waals surface area contributed by atoms with E-state index in [9.17, 15) is 4.79 Å². The Bertz CT molecular complexity index is 461. The van der Waals surface area contributed by atoms with Gasteiger partial charge in [0.05, 0.1) is 0 Å². The number of rotatable bonds is 8. The lowest BCUT2D eigenvalue weighted by Crippen LogP contribution is -2.32. The topological polar surface area (TPSA) is 73.4 Å². The molecule has 0 aliphatic carbocycles. The van der Waals surface area contributed by atoms with Crippen LogP contribution < -0.4 is 10.6 Å². The van der Waals surface area contributed by atoms with E-state index in [1.807, 2.05) is 40.0 Å². The van der Waals surface area contributed by atoms with Crippen LogP contribution in [0.4, 0.5) is 5.95 Å². The van der Waals surface area contributed by atoms with E-state index in [0.29, 0.717) is 18.2 Å². The summed E-state index contributed by atoms with van der Waals surface area (Å²) in [5.74, 6) is 0.326. The summed E-state index contributed by atoms with van der Waals surface area (Å²) in [4.78, 5) is 24.7. The molecule has 0 saturated carbocycles. The molecule has 0 fully saturated rings. The number of aromatic nitrogens is 2. The van der Waals surface area contributed by atoms with Crippen molar-refractivity contribution in [2.24, 2.45) is 0 Å². The third kappa shape index (κ3) is 7.01. The number of hydrogen-bond donors (Lipinski definition) is 2. The average molecular weight is 294 g/mol. The van der Waals surface area contributed by atoms with Crippen LogP contribution in [0.2, 0.25) is 0 Å². The summed E-state index contributed by atoms with van der Waals surface area (Å²) in [5.41, 5.74) is 1.17. The zero-order valence-electron chi connectivity index (χ0n) is 13.6. The SMILES string of the molecule is Cc1cc(C(=O)NCCN(C)C)nc(NCCN(C)C)n1. The quantitative estimate of drug-likeness (QED) is 0.706. The predicted octanol–water partition coefficient (Wildman–Crippen LogP) is 0.0499. The minimum absolute atomic E-state index is 0.169. The van der Waals surface area contributed by atoms with Gasteiger partial charge in [-0.3, -0.25) is 4.79 Å². The van der Waals surface area contributed by atoms with E-state index in [1.54, 1.807) is 6.07 Å². The van der Waals surface area contributed by atoms with Crippen molar-refractivity contribution in [3.63, 3.8) is 0 Å². The second kappa shape index (κ2) is 8.53. The van der Waals surface area contributed by atoms with Gasteiger partial charge in [0, 0.05) is 31.9 Å². The maximum Gasteiger partial charge on any atom is 0.270 e. The fourth-order valence-corrected chi connectivity index (χ4v) is 1.64. The van der Waals surface area contributed by atoms with E-state index in [1.165, 1.54) is 0 Å². The number of nitrogens with one attached hydrogen (secondary N) is 2. The van der Waals surface area contributed by atoms with Gasteiger partial charge < -0.3 is 20.4 Å². The number of aryl methyl sites for hydroxylation is 1. The van der Waals surface area contributed by atoms with Crippen LogP contribution in [0.3, 0.4) is 0 Å². The zero-order chi connectivity index (χ0) is 15.8. The highest BCUT2D eigenvalue weighted by Crippen LogP contribution is 2.04. The van der Waals surface area contributed by atoms with E-state index in [-0.39, 0.29) is 5.91 Å². The number of hydrogen-bond acceptors (Lipinski definition) is 6. The fourth-order valence-electron chi connectivity index (χ4n) is 1.64. The van der Waals surface area contributed by atoms with Crippen LogP contribution in [0.1, 0.15) is 16.2 Å². The number of carbonyl (C=O) groups is 1. The third-order valence-electron chi connectivity index (χ3n) is 2.77. The minimum Gasteiger partial charge on any atom is -0.353 e. The number of carbonyl (C=O) groups excluding carboxylic acids is 1.